The molecule has 0 spiro atoms. The maximum Gasteiger partial charge on any atom is 0.272 e. The van der Waals surface area contributed by atoms with E-state index in [-0.39, 0.29) is 17.4 Å². The average molecular weight is 449 g/mol. The second kappa shape index (κ2) is 9.96. The Kier molecular flexibility index (Phi) is 6.64. The lowest BCUT2D eigenvalue weighted by atomic mass is 10.0. The van der Waals surface area contributed by atoms with Gasteiger partial charge in [0.05, 0.1) is 0 Å². The van der Waals surface area contributed by atoms with Gasteiger partial charge in [0.2, 0.25) is 0 Å². The molecule has 0 unspecified atom stereocenters. The van der Waals surface area contributed by atoms with Gasteiger partial charge in [-0.1, -0.05) is 72.3 Å². The smallest absolute Gasteiger partial charge is 0.272 e. The number of amides is 2. The van der Waals surface area contributed by atoms with Crippen LogP contribution in [0.3, 0.4) is 0 Å². The van der Waals surface area contributed by atoms with Crippen LogP contribution in [0.25, 0.3) is 16.8 Å². The molecule has 0 aliphatic heterocycles. The molecule has 34 heavy (non-hydrogen) atoms. The van der Waals surface area contributed by atoms with E-state index in [0.29, 0.717) is 16.8 Å². The summed E-state index contributed by atoms with van der Waals surface area (Å²) in [6.45, 7) is 3.41. The Balaban J connectivity index is 1.71. The Morgan fingerprint density at radius 3 is 2.24 bits per heavy atom. The quantitative estimate of drug-likeness (QED) is 0.291. The molecule has 0 saturated carbocycles. The van der Waals surface area contributed by atoms with Crippen molar-refractivity contribution in [2.24, 2.45) is 0 Å². The molecule has 0 aliphatic rings. The number of ketones is 1. The Labute approximate surface area is 198 Å². The van der Waals surface area contributed by atoms with Gasteiger partial charge in [-0.2, -0.15) is 0 Å². The van der Waals surface area contributed by atoms with Crippen molar-refractivity contribution in [3.8, 4) is 0 Å². The van der Waals surface area contributed by atoms with Crippen molar-refractivity contribution in [1.29, 1.82) is 0 Å². The molecule has 0 bridgehead atoms. The van der Waals surface area contributed by atoms with Crippen LogP contribution in [-0.4, -0.2) is 17.6 Å². The van der Waals surface area contributed by atoms with E-state index in [4.69, 9.17) is 0 Å². The van der Waals surface area contributed by atoms with Gasteiger partial charge in [-0.3, -0.25) is 14.4 Å². The fourth-order valence-corrected chi connectivity index (χ4v) is 3.60. The lowest BCUT2D eigenvalue weighted by molar-refractivity contribution is -0.113. The average Bonchev–Trinajstić information content (AvgIpc) is 2.84. The van der Waals surface area contributed by atoms with Crippen molar-refractivity contribution >= 4 is 40.1 Å². The van der Waals surface area contributed by atoms with Crippen LogP contribution in [0, 0.1) is 6.92 Å². The zero-order chi connectivity index (χ0) is 24.1. The van der Waals surface area contributed by atoms with Crippen LogP contribution < -0.4 is 10.6 Å². The molecule has 4 aromatic rings. The minimum absolute atomic E-state index is 0.0927. The summed E-state index contributed by atoms with van der Waals surface area (Å²) in [6.07, 6.45) is 1.67. The lowest BCUT2D eigenvalue weighted by Crippen LogP contribution is -2.30. The van der Waals surface area contributed by atoms with Gasteiger partial charge in [-0.15, -0.1) is 0 Å². The minimum atomic E-state index is -0.492. The number of hydrogen-bond donors (Lipinski definition) is 2. The number of fused-ring (bicyclic) bond motifs is 1. The third kappa shape index (κ3) is 5.27. The number of nitrogens with one attached hydrogen (secondary N) is 2. The molecule has 2 N–H and O–H groups in total. The largest absolute Gasteiger partial charge is 0.321 e. The maximum absolute atomic E-state index is 13.3. The molecule has 4 aromatic carbocycles. The van der Waals surface area contributed by atoms with Crippen molar-refractivity contribution in [1.82, 2.24) is 5.32 Å². The standard InChI is InChI=1S/C29H24N2O3/c1-19-13-15-22(16-14-19)28(33)31-27(18-24-10-5-8-21-7-3-4-12-26(21)24)29(34)30-25-11-6-9-23(17-25)20(2)32/h3-18H,1-2H3,(H,30,34)(H,31,33). The molecule has 168 valence electrons. The zero-order valence-corrected chi connectivity index (χ0v) is 19.0. The highest BCUT2D eigenvalue weighted by atomic mass is 16.2. The summed E-state index contributed by atoms with van der Waals surface area (Å²) in [4.78, 5) is 37.9. The molecule has 4 rings (SSSR count). The Morgan fingerprint density at radius 1 is 0.765 bits per heavy atom. The van der Waals surface area contributed by atoms with Crippen molar-refractivity contribution < 1.29 is 14.4 Å². The van der Waals surface area contributed by atoms with Crippen LogP contribution in [0.4, 0.5) is 5.69 Å². The molecule has 0 aliphatic carbocycles. The Morgan fingerprint density at radius 2 is 1.47 bits per heavy atom. The van der Waals surface area contributed by atoms with Crippen LogP contribution in [0.5, 0.6) is 0 Å². The van der Waals surface area contributed by atoms with E-state index in [9.17, 15) is 14.4 Å². The summed E-state index contributed by atoms with van der Waals surface area (Å²) < 4.78 is 0. The molecule has 0 aromatic heterocycles. The molecular formula is C29H24N2O3. The minimum Gasteiger partial charge on any atom is -0.321 e. The van der Waals surface area contributed by atoms with E-state index in [0.717, 1.165) is 21.9 Å². The van der Waals surface area contributed by atoms with Gasteiger partial charge in [-0.25, -0.2) is 0 Å². The number of rotatable bonds is 6. The summed E-state index contributed by atoms with van der Waals surface area (Å²) in [6, 6.07) is 27.4. The second-order valence-corrected chi connectivity index (χ2v) is 8.04. The number of anilines is 1. The van der Waals surface area contributed by atoms with Gasteiger partial charge in [0.25, 0.3) is 11.8 Å². The maximum atomic E-state index is 13.3. The highest BCUT2D eigenvalue weighted by molar-refractivity contribution is 6.12. The second-order valence-electron chi connectivity index (χ2n) is 8.04. The van der Waals surface area contributed by atoms with Crippen molar-refractivity contribution in [2.45, 2.75) is 13.8 Å². The van der Waals surface area contributed by atoms with E-state index in [1.165, 1.54) is 6.92 Å². The van der Waals surface area contributed by atoms with E-state index >= 15 is 0 Å². The summed E-state index contributed by atoms with van der Waals surface area (Å²) in [7, 11) is 0. The molecular weight excluding hydrogens is 424 g/mol. The highest BCUT2D eigenvalue weighted by Gasteiger charge is 2.16. The first kappa shape index (κ1) is 22.7. The van der Waals surface area contributed by atoms with E-state index < -0.39 is 5.91 Å². The van der Waals surface area contributed by atoms with Gasteiger partial charge >= 0.3 is 0 Å². The fourth-order valence-electron chi connectivity index (χ4n) is 3.60. The summed E-state index contributed by atoms with van der Waals surface area (Å²) in [5.74, 6) is -0.983. The van der Waals surface area contributed by atoms with Crippen LogP contribution >= 0.6 is 0 Å². The molecule has 5 heteroatoms. The van der Waals surface area contributed by atoms with Gasteiger partial charge < -0.3 is 10.6 Å². The first-order valence-electron chi connectivity index (χ1n) is 10.9. The predicted octanol–water partition coefficient (Wildman–Crippen LogP) is 5.76. The van der Waals surface area contributed by atoms with Gasteiger partial charge in [-0.05, 0) is 60.5 Å². The molecule has 5 nitrogen and oxygen atoms in total. The highest BCUT2D eigenvalue weighted by Crippen LogP contribution is 2.21. The fraction of sp³-hybridized carbons (Fsp3) is 0.0690. The molecule has 0 saturated heterocycles. The van der Waals surface area contributed by atoms with E-state index in [1.807, 2.05) is 61.5 Å². The predicted molar refractivity (Wildman–Crippen MR) is 136 cm³/mol. The number of benzene rings is 4. The van der Waals surface area contributed by atoms with Gasteiger partial charge in [0.15, 0.2) is 5.78 Å². The summed E-state index contributed by atoms with van der Waals surface area (Å²) in [5.41, 5.74) is 3.32. The number of carbonyl (C=O) groups excluding carboxylic acids is 3. The lowest BCUT2D eigenvalue weighted by Gasteiger charge is -2.13. The van der Waals surface area contributed by atoms with Crippen LogP contribution in [0.1, 0.15) is 38.8 Å². The first-order chi connectivity index (χ1) is 16.4. The SMILES string of the molecule is CC(=O)c1cccc(NC(=O)C(=Cc2cccc3ccccc23)NC(=O)c2ccc(C)cc2)c1. The monoisotopic (exact) mass is 448 g/mol. The molecule has 0 radical (unpaired) electrons. The van der Waals surface area contributed by atoms with Crippen molar-refractivity contribution in [3.05, 3.63) is 119 Å². The number of carbonyl (C=O) groups is 3. The number of aryl methyl sites for hydroxylation is 1. The third-order valence-electron chi connectivity index (χ3n) is 5.46. The first-order valence-corrected chi connectivity index (χ1v) is 10.9. The topological polar surface area (TPSA) is 75.3 Å². The molecule has 0 heterocycles. The van der Waals surface area contributed by atoms with Crippen LogP contribution in [0.15, 0.2) is 96.7 Å². The molecule has 0 atom stereocenters. The Bertz CT molecular complexity index is 1410. The molecule has 0 fully saturated rings. The van der Waals surface area contributed by atoms with Crippen LogP contribution in [0.2, 0.25) is 0 Å². The van der Waals surface area contributed by atoms with E-state index in [2.05, 4.69) is 10.6 Å². The number of hydrogen-bond acceptors (Lipinski definition) is 3. The van der Waals surface area contributed by atoms with E-state index in [1.54, 1.807) is 42.5 Å². The zero-order valence-electron chi connectivity index (χ0n) is 19.0. The normalized spacial score (nSPS) is 11.2. The molecule has 2 amide bonds. The summed E-state index contributed by atoms with van der Waals surface area (Å²) >= 11 is 0. The van der Waals surface area contributed by atoms with Crippen molar-refractivity contribution in [2.75, 3.05) is 5.32 Å². The van der Waals surface area contributed by atoms with Gasteiger partial charge in [0, 0.05) is 16.8 Å². The van der Waals surface area contributed by atoms with Crippen LogP contribution in [-0.2, 0) is 4.79 Å². The number of Topliss-reactive ketones (excluding diaryl/α,β-unsaturated/α-hetero) is 1. The Hall–Kier alpha value is -4.51. The third-order valence-corrected chi connectivity index (χ3v) is 5.46. The van der Waals surface area contributed by atoms with Gasteiger partial charge in [0.1, 0.15) is 5.70 Å². The van der Waals surface area contributed by atoms with Crippen molar-refractivity contribution in [3.63, 3.8) is 0 Å². The summed E-state index contributed by atoms with van der Waals surface area (Å²) in [5, 5.41) is 7.54.